The quantitative estimate of drug-likeness (QED) is 0.615. The van der Waals surface area contributed by atoms with Gasteiger partial charge in [0.1, 0.15) is 0 Å². The lowest BCUT2D eigenvalue weighted by atomic mass is 10.1. The van der Waals surface area contributed by atoms with Gasteiger partial charge in [-0.2, -0.15) is 0 Å². The van der Waals surface area contributed by atoms with Gasteiger partial charge in [0.25, 0.3) is 0 Å². The summed E-state index contributed by atoms with van der Waals surface area (Å²) < 4.78 is 30.0. The molecule has 1 rings (SSSR count). The van der Waals surface area contributed by atoms with E-state index in [4.69, 9.17) is 13.8 Å². The summed E-state index contributed by atoms with van der Waals surface area (Å²) in [7, 11) is -3.40. The van der Waals surface area contributed by atoms with E-state index in [0.29, 0.717) is 12.8 Å². The SMILES string of the molecule is CCOP(=O)(OCC)[C@@H](Cc1ccccc1)O[C@@H](C)C[C@H](C)O. The van der Waals surface area contributed by atoms with E-state index < -0.39 is 19.5 Å². The molecule has 0 saturated heterocycles. The Morgan fingerprint density at radius 3 is 2.13 bits per heavy atom. The highest BCUT2D eigenvalue weighted by molar-refractivity contribution is 7.54. The van der Waals surface area contributed by atoms with Crippen molar-refractivity contribution < 1.29 is 23.5 Å². The summed E-state index contributed by atoms with van der Waals surface area (Å²) in [5.74, 6) is -0.696. The first-order valence-electron chi connectivity index (χ1n) is 8.17. The molecule has 0 spiro atoms. The Bertz CT molecular complexity index is 467. The van der Waals surface area contributed by atoms with E-state index in [2.05, 4.69) is 0 Å². The molecule has 132 valence electrons. The third-order valence-electron chi connectivity index (χ3n) is 3.29. The molecule has 0 heterocycles. The molecule has 3 atom stereocenters. The molecule has 0 unspecified atom stereocenters. The van der Waals surface area contributed by atoms with E-state index >= 15 is 0 Å². The summed E-state index contributed by atoms with van der Waals surface area (Å²) in [6.07, 6.45) is 0.158. The maximum Gasteiger partial charge on any atom is 0.359 e. The van der Waals surface area contributed by atoms with E-state index in [1.165, 1.54) is 0 Å². The Morgan fingerprint density at radius 2 is 1.65 bits per heavy atom. The van der Waals surface area contributed by atoms with E-state index in [1.54, 1.807) is 20.8 Å². The zero-order chi connectivity index (χ0) is 17.3. The molecule has 0 aliphatic heterocycles. The van der Waals surface area contributed by atoms with Crippen molar-refractivity contribution in [3.8, 4) is 0 Å². The fraction of sp³-hybridized carbons (Fsp3) is 0.647. The average Bonchev–Trinajstić information content (AvgIpc) is 2.47. The Labute approximate surface area is 139 Å². The third-order valence-corrected chi connectivity index (χ3v) is 5.53. The van der Waals surface area contributed by atoms with Gasteiger partial charge in [-0.15, -0.1) is 0 Å². The van der Waals surface area contributed by atoms with Crippen LogP contribution in [0.2, 0.25) is 0 Å². The predicted octanol–water partition coefficient (Wildman–Crippen LogP) is 4.00. The minimum atomic E-state index is -3.40. The molecule has 1 aromatic rings. The minimum absolute atomic E-state index is 0.252. The van der Waals surface area contributed by atoms with Crippen molar-refractivity contribution >= 4 is 7.60 Å². The van der Waals surface area contributed by atoms with Crippen molar-refractivity contribution in [2.24, 2.45) is 0 Å². The molecule has 0 aliphatic rings. The molecule has 0 radical (unpaired) electrons. The fourth-order valence-electron chi connectivity index (χ4n) is 2.42. The van der Waals surface area contributed by atoms with Crippen LogP contribution in [0.1, 0.15) is 39.7 Å². The van der Waals surface area contributed by atoms with E-state index in [0.717, 1.165) is 5.56 Å². The highest BCUT2D eigenvalue weighted by atomic mass is 31.2. The Hall–Kier alpha value is -0.710. The van der Waals surface area contributed by atoms with Crippen LogP contribution in [-0.2, 0) is 24.8 Å². The number of aliphatic hydroxyl groups excluding tert-OH is 1. The highest BCUT2D eigenvalue weighted by Gasteiger charge is 2.37. The monoisotopic (exact) mass is 344 g/mol. The summed E-state index contributed by atoms with van der Waals surface area (Å²) in [6.45, 7) is 7.70. The van der Waals surface area contributed by atoms with Gasteiger partial charge in [0, 0.05) is 6.42 Å². The molecule has 23 heavy (non-hydrogen) atoms. The molecule has 6 heteroatoms. The lowest BCUT2D eigenvalue weighted by Crippen LogP contribution is -2.26. The first kappa shape index (κ1) is 20.3. The molecular formula is C17H29O5P. The molecule has 0 bridgehead atoms. The van der Waals surface area contributed by atoms with Crippen molar-refractivity contribution in [1.29, 1.82) is 0 Å². The lowest BCUT2D eigenvalue weighted by molar-refractivity contribution is -0.00428. The topological polar surface area (TPSA) is 65.0 Å². The largest absolute Gasteiger partial charge is 0.393 e. The van der Waals surface area contributed by atoms with Crippen LogP contribution < -0.4 is 0 Å². The number of ether oxygens (including phenoxy) is 1. The molecule has 0 fully saturated rings. The molecule has 5 nitrogen and oxygen atoms in total. The van der Waals surface area contributed by atoms with Crippen LogP contribution in [0.4, 0.5) is 0 Å². The fourth-order valence-corrected chi connectivity index (χ4v) is 4.34. The van der Waals surface area contributed by atoms with Crippen molar-refractivity contribution in [3.05, 3.63) is 35.9 Å². The second-order valence-corrected chi connectivity index (χ2v) is 7.72. The van der Waals surface area contributed by atoms with E-state index in [9.17, 15) is 9.67 Å². The number of hydrogen-bond acceptors (Lipinski definition) is 5. The summed E-state index contributed by atoms with van der Waals surface area (Å²) in [5, 5.41) is 9.52. The van der Waals surface area contributed by atoms with Gasteiger partial charge in [-0.1, -0.05) is 30.3 Å². The van der Waals surface area contributed by atoms with E-state index in [-0.39, 0.29) is 19.3 Å². The Kier molecular flexibility index (Phi) is 9.03. The van der Waals surface area contributed by atoms with Crippen molar-refractivity contribution in [2.75, 3.05) is 13.2 Å². The number of benzene rings is 1. The first-order chi connectivity index (χ1) is 10.9. The molecule has 0 amide bonds. The maximum absolute atomic E-state index is 13.1. The number of aliphatic hydroxyl groups is 1. The smallest absolute Gasteiger partial charge is 0.359 e. The lowest BCUT2D eigenvalue weighted by Gasteiger charge is -2.29. The Morgan fingerprint density at radius 1 is 1.09 bits per heavy atom. The maximum atomic E-state index is 13.1. The number of rotatable bonds is 11. The van der Waals surface area contributed by atoms with Gasteiger partial charge in [-0.3, -0.25) is 4.57 Å². The van der Waals surface area contributed by atoms with Gasteiger partial charge in [-0.25, -0.2) is 0 Å². The van der Waals surface area contributed by atoms with Crippen molar-refractivity contribution in [2.45, 2.75) is 58.6 Å². The Balaban J connectivity index is 2.96. The van der Waals surface area contributed by atoms with Crippen LogP contribution in [0.25, 0.3) is 0 Å². The van der Waals surface area contributed by atoms with Gasteiger partial charge < -0.3 is 18.9 Å². The van der Waals surface area contributed by atoms with E-state index in [1.807, 2.05) is 37.3 Å². The van der Waals surface area contributed by atoms with Gasteiger partial charge >= 0.3 is 7.60 Å². The third kappa shape index (κ3) is 7.15. The molecule has 1 aromatic carbocycles. The van der Waals surface area contributed by atoms with Crippen molar-refractivity contribution in [1.82, 2.24) is 0 Å². The molecule has 1 N–H and O–H groups in total. The molecule has 0 aliphatic carbocycles. The van der Waals surface area contributed by atoms with Crippen LogP contribution in [0.3, 0.4) is 0 Å². The van der Waals surface area contributed by atoms with Crippen LogP contribution >= 0.6 is 7.60 Å². The van der Waals surface area contributed by atoms with Gasteiger partial charge in [0.15, 0.2) is 5.85 Å². The summed E-state index contributed by atoms with van der Waals surface area (Å²) >= 11 is 0. The van der Waals surface area contributed by atoms with Crippen LogP contribution in [0.5, 0.6) is 0 Å². The molecule has 0 aromatic heterocycles. The summed E-state index contributed by atoms with van der Waals surface area (Å²) in [4.78, 5) is 0. The predicted molar refractivity (Wildman–Crippen MR) is 91.6 cm³/mol. The second kappa shape index (κ2) is 10.2. The second-order valence-electron chi connectivity index (χ2n) is 5.55. The van der Waals surface area contributed by atoms with Gasteiger partial charge in [0.05, 0.1) is 25.4 Å². The normalized spacial score (nSPS) is 16.0. The van der Waals surface area contributed by atoms with Gasteiger partial charge in [-0.05, 0) is 39.7 Å². The zero-order valence-corrected chi connectivity index (χ0v) is 15.4. The minimum Gasteiger partial charge on any atom is -0.393 e. The molecule has 0 saturated carbocycles. The van der Waals surface area contributed by atoms with Crippen LogP contribution in [0.15, 0.2) is 30.3 Å². The average molecular weight is 344 g/mol. The van der Waals surface area contributed by atoms with Crippen LogP contribution in [-0.4, -0.2) is 36.4 Å². The standard InChI is InChI=1S/C17H29O5P/c1-5-20-23(19,21-6-2)17(22-15(4)12-14(3)18)13-16-10-8-7-9-11-16/h7-11,14-15,17-18H,5-6,12-13H2,1-4H3/t14-,15-,17-/m0/s1. The van der Waals surface area contributed by atoms with Gasteiger partial charge in [0.2, 0.25) is 0 Å². The summed E-state index contributed by atoms with van der Waals surface area (Å²) in [5.41, 5.74) is 1.00. The van der Waals surface area contributed by atoms with Crippen molar-refractivity contribution in [3.63, 3.8) is 0 Å². The summed E-state index contributed by atoms with van der Waals surface area (Å²) in [6, 6.07) is 9.70. The van der Waals surface area contributed by atoms with Crippen LogP contribution in [0, 0.1) is 0 Å². The molecular weight excluding hydrogens is 315 g/mol. The zero-order valence-electron chi connectivity index (χ0n) is 14.5. The number of hydrogen-bond donors (Lipinski definition) is 1. The first-order valence-corrected chi connectivity index (χ1v) is 9.78. The highest BCUT2D eigenvalue weighted by Crippen LogP contribution is 2.54.